The van der Waals surface area contributed by atoms with E-state index in [9.17, 15) is 18.0 Å². The summed E-state index contributed by atoms with van der Waals surface area (Å²) in [5, 5.41) is 3.28. The fourth-order valence-electron chi connectivity index (χ4n) is 3.96. The van der Waals surface area contributed by atoms with Crippen LogP contribution in [-0.2, 0) is 26.2 Å². The van der Waals surface area contributed by atoms with E-state index in [0.29, 0.717) is 10.6 Å². The number of rotatable bonds is 10. The van der Waals surface area contributed by atoms with Gasteiger partial charge in [0.1, 0.15) is 12.6 Å². The third-order valence-electron chi connectivity index (χ3n) is 6.06. The van der Waals surface area contributed by atoms with Gasteiger partial charge >= 0.3 is 0 Å². The van der Waals surface area contributed by atoms with Gasteiger partial charge in [0.05, 0.1) is 30.7 Å². The maximum absolute atomic E-state index is 13.9. The Morgan fingerprint density at radius 1 is 0.923 bits per heavy atom. The number of benzene rings is 3. The highest BCUT2D eigenvalue weighted by Gasteiger charge is 2.34. The van der Waals surface area contributed by atoms with Crippen molar-refractivity contribution in [2.24, 2.45) is 0 Å². The minimum atomic E-state index is -4.28. The molecule has 0 aliphatic carbocycles. The van der Waals surface area contributed by atoms with Gasteiger partial charge in [-0.25, -0.2) is 8.42 Å². The summed E-state index contributed by atoms with van der Waals surface area (Å²) in [4.78, 5) is 28.0. The third kappa shape index (κ3) is 7.18. The summed E-state index contributed by atoms with van der Waals surface area (Å²) < 4.78 is 28.7. The molecule has 0 unspecified atom stereocenters. The molecule has 0 bridgehead atoms. The quantitative estimate of drug-likeness (QED) is 0.283. The van der Waals surface area contributed by atoms with Crippen LogP contribution < -0.4 is 9.62 Å². The van der Waals surface area contributed by atoms with Crippen LogP contribution in [0.15, 0.2) is 65.6 Å². The van der Waals surface area contributed by atoms with E-state index in [2.05, 4.69) is 5.32 Å². The highest BCUT2D eigenvalue weighted by molar-refractivity contribution is 7.92. The molecule has 0 fully saturated rings. The number of sulfonamides is 1. The number of aryl methyl sites for hydroxylation is 1. The molecular weight excluding hydrogens is 604 g/mol. The molecule has 3 rings (SSSR count). The molecule has 0 aromatic heterocycles. The summed E-state index contributed by atoms with van der Waals surface area (Å²) in [6, 6.07) is 14.7. The number of carbonyl (C=O) groups excluding carboxylic acids is 2. The zero-order chi connectivity index (χ0) is 28.9. The van der Waals surface area contributed by atoms with Gasteiger partial charge in [-0.05, 0) is 55.3 Å². The molecule has 1 N–H and O–H groups in total. The van der Waals surface area contributed by atoms with Crippen molar-refractivity contribution < 1.29 is 18.0 Å². The normalized spacial score (nSPS) is 12.1. The van der Waals surface area contributed by atoms with Crippen LogP contribution in [0.2, 0.25) is 20.1 Å². The SMILES string of the molecule is CC[C@H](C(=O)NC)N(Cc1ccc(Cl)c(Cl)c1)C(=O)CN(c1cccc(Cl)c1Cl)S(=O)(=O)c1ccc(C)cc1. The molecule has 12 heteroatoms. The van der Waals surface area contributed by atoms with Gasteiger partial charge in [0.25, 0.3) is 10.0 Å². The highest BCUT2D eigenvalue weighted by Crippen LogP contribution is 2.36. The highest BCUT2D eigenvalue weighted by atomic mass is 35.5. The first-order valence-electron chi connectivity index (χ1n) is 11.9. The first-order valence-corrected chi connectivity index (χ1v) is 14.8. The summed E-state index contributed by atoms with van der Waals surface area (Å²) in [5.74, 6) is -1.04. The van der Waals surface area contributed by atoms with E-state index in [-0.39, 0.29) is 38.6 Å². The molecule has 1 atom stereocenters. The third-order valence-corrected chi connectivity index (χ3v) is 9.38. The molecule has 0 radical (unpaired) electrons. The lowest BCUT2D eigenvalue weighted by Crippen LogP contribution is -2.51. The summed E-state index contributed by atoms with van der Waals surface area (Å²) in [6.45, 7) is 2.91. The minimum absolute atomic E-state index is 0.0245. The second kappa shape index (κ2) is 13.2. The summed E-state index contributed by atoms with van der Waals surface area (Å²) >= 11 is 24.9. The largest absolute Gasteiger partial charge is 0.357 e. The Morgan fingerprint density at radius 2 is 1.59 bits per heavy atom. The van der Waals surface area contributed by atoms with Crippen LogP contribution in [0, 0.1) is 6.92 Å². The molecule has 208 valence electrons. The van der Waals surface area contributed by atoms with Crippen LogP contribution >= 0.6 is 46.4 Å². The number of amides is 2. The topological polar surface area (TPSA) is 86.8 Å². The minimum Gasteiger partial charge on any atom is -0.357 e. The van der Waals surface area contributed by atoms with Crippen LogP contribution in [0.1, 0.15) is 24.5 Å². The fourth-order valence-corrected chi connectivity index (χ4v) is 6.15. The van der Waals surface area contributed by atoms with E-state index >= 15 is 0 Å². The van der Waals surface area contributed by atoms with Crippen LogP contribution in [0.4, 0.5) is 5.69 Å². The Bertz CT molecular complexity index is 1470. The lowest BCUT2D eigenvalue weighted by molar-refractivity contribution is -0.140. The number of hydrogen-bond donors (Lipinski definition) is 1. The van der Waals surface area contributed by atoms with Gasteiger partial charge in [-0.15, -0.1) is 0 Å². The molecule has 0 saturated carbocycles. The van der Waals surface area contributed by atoms with Gasteiger partial charge in [0.15, 0.2) is 0 Å². The maximum atomic E-state index is 13.9. The van der Waals surface area contributed by atoms with Gasteiger partial charge in [-0.1, -0.05) is 83.2 Å². The Hall–Kier alpha value is -2.49. The molecule has 0 spiro atoms. The Morgan fingerprint density at radius 3 is 2.18 bits per heavy atom. The van der Waals surface area contributed by atoms with Gasteiger partial charge in [0.2, 0.25) is 11.8 Å². The zero-order valence-corrected chi connectivity index (χ0v) is 25.3. The predicted octanol–water partition coefficient (Wildman–Crippen LogP) is 6.36. The van der Waals surface area contributed by atoms with Gasteiger partial charge in [-0.3, -0.25) is 13.9 Å². The van der Waals surface area contributed by atoms with Crippen molar-refractivity contribution in [2.75, 3.05) is 17.9 Å². The molecular formula is C27H27Cl4N3O4S. The van der Waals surface area contributed by atoms with E-state index in [4.69, 9.17) is 46.4 Å². The molecule has 2 amide bonds. The summed E-state index contributed by atoms with van der Waals surface area (Å²) in [6.07, 6.45) is 0.273. The molecule has 7 nitrogen and oxygen atoms in total. The number of nitrogens with zero attached hydrogens (tertiary/aromatic N) is 2. The van der Waals surface area contributed by atoms with Crippen molar-refractivity contribution in [3.8, 4) is 0 Å². The monoisotopic (exact) mass is 629 g/mol. The molecule has 0 aliphatic rings. The van der Waals surface area contributed by atoms with Gasteiger partial charge < -0.3 is 10.2 Å². The number of anilines is 1. The van der Waals surface area contributed by atoms with Crippen LogP contribution in [0.5, 0.6) is 0 Å². The number of nitrogens with one attached hydrogen (secondary N) is 1. The molecule has 0 heterocycles. The molecule has 0 aliphatic heterocycles. The van der Waals surface area contributed by atoms with Crippen LogP contribution in [0.25, 0.3) is 0 Å². The van der Waals surface area contributed by atoms with E-state index in [0.717, 1.165) is 9.87 Å². The number of carbonyl (C=O) groups is 2. The Kier molecular flexibility index (Phi) is 10.5. The van der Waals surface area contributed by atoms with E-state index in [1.54, 1.807) is 43.3 Å². The van der Waals surface area contributed by atoms with Crippen molar-refractivity contribution in [1.29, 1.82) is 0 Å². The number of hydrogen-bond acceptors (Lipinski definition) is 4. The molecule has 0 saturated heterocycles. The molecule has 3 aromatic carbocycles. The van der Waals surface area contributed by atoms with Crippen molar-refractivity contribution in [3.05, 3.63) is 91.9 Å². The predicted molar refractivity (Wildman–Crippen MR) is 157 cm³/mol. The number of likely N-dealkylation sites (N-methyl/N-ethyl adjacent to an activating group) is 1. The molecule has 3 aromatic rings. The van der Waals surface area contributed by atoms with E-state index in [1.807, 2.05) is 6.92 Å². The van der Waals surface area contributed by atoms with Crippen LogP contribution in [-0.4, -0.2) is 44.8 Å². The van der Waals surface area contributed by atoms with Gasteiger partial charge in [0, 0.05) is 13.6 Å². The van der Waals surface area contributed by atoms with E-state index < -0.39 is 34.4 Å². The first-order chi connectivity index (χ1) is 18.4. The average molecular weight is 631 g/mol. The fraction of sp³-hybridized carbons (Fsp3) is 0.259. The van der Waals surface area contributed by atoms with Crippen molar-refractivity contribution >= 4 is 73.9 Å². The summed E-state index contributed by atoms with van der Waals surface area (Å²) in [7, 11) is -2.81. The molecule has 39 heavy (non-hydrogen) atoms. The lowest BCUT2D eigenvalue weighted by Gasteiger charge is -2.33. The smallest absolute Gasteiger partial charge is 0.264 e. The van der Waals surface area contributed by atoms with E-state index in [1.165, 1.54) is 36.2 Å². The number of halogens is 4. The van der Waals surface area contributed by atoms with Crippen molar-refractivity contribution in [1.82, 2.24) is 10.2 Å². The van der Waals surface area contributed by atoms with Crippen LogP contribution in [0.3, 0.4) is 0 Å². The Balaban J connectivity index is 2.11. The maximum Gasteiger partial charge on any atom is 0.264 e. The van der Waals surface area contributed by atoms with Crippen molar-refractivity contribution in [2.45, 2.75) is 37.8 Å². The lowest BCUT2D eigenvalue weighted by atomic mass is 10.1. The Labute approximate surface area is 248 Å². The van der Waals surface area contributed by atoms with Gasteiger partial charge in [-0.2, -0.15) is 0 Å². The first kappa shape index (κ1) is 31.0. The standard InChI is InChI=1S/C27H27Cl4N3O4S/c1-4-23(27(36)32-3)33(15-18-10-13-20(28)22(30)14-18)25(35)16-34(24-7-5-6-21(29)26(24)31)39(37,38)19-11-8-17(2)9-12-19/h5-14,23H,4,15-16H2,1-3H3,(H,32,36)/t23-/m1/s1. The average Bonchev–Trinajstić information content (AvgIpc) is 2.90. The van der Waals surface area contributed by atoms with Crippen molar-refractivity contribution in [3.63, 3.8) is 0 Å². The zero-order valence-electron chi connectivity index (χ0n) is 21.4. The summed E-state index contributed by atoms with van der Waals surface area (Å²) in [5.41, 5.74) is 1.50. The second-order valence-electron chi connectivity index (χ2n) is 8.71. The second-order valence-corrected chi connectivity index (χ2v) is 12.2.